The molecule has 0 bridgehead atoms. The SMILES string of the molecule is Cc1ncnn2c(C[C@@H](C)OCP(=O)(N[C@@H](C)C(=O)OC(C)C)Oc3ccccc3)cnc12. The average Bonchev–Trinajstić information content (AvgIpc) is 3.16. The van der Waals surface area contributed by atoms with Gasteiger partial charge in [-0.2, -0.15) is 5.10 Å². The van der Waals surface area contributed by atoms with E-state index in [1.165, 1.54) is 6.33 Å². The molecule has 3 aromatic rings. The molecule has 0 radical (unpaired) electrons. The predicted octanol–water partition coefficient (Wildman–Crippen LogP) is 3.54. The molecule has 1 unspecified atom stereocenters. The third kappa shape index (κ3) is 6.83. The number of carbonyl (C=O) groups excluding carboxylic acids is 1. The third-order valence-electron chi connectivity index (χ3n) is 4.67. The summed E-state index contributed by atoms with van der Waals surface area (Å²) in [5.41, 5.74) is 2.29. The fourth-order valence-electron chi connectivity index (χ4n) is 3.12. The van der Waals surface area contributed by atoms with Crippen molar-refractivity contribution in [1.29, 1.82) is 0 Å². The zero-order valence-corrected chi connectivity index (χ0v) is 20.4. The van der Waals surface area contributed by atoms with Gasteiger partial charge in [0, 0.05) is 6.42 Å². The first-order valence-corrected chi connectivity index (χ1v) is 12.6. The van der Waals surface area contributed by atoms with E-state index in [-0.39, 0.29) is 18.6 Å². The molecule has 0 aliphatic heterocycles. The van der Waals surface area contributed by atoms with E-state index in [0.717, 1.165) is 11.4 Å². The number of hydrogen-bond donors (Lipinski definition) is 1. The van der Waals surface area contributed by atoms with Crippen molar-refractivity contribution in [3.8, 4) is 5.75 Å². The number of para-hydroxylation sites is 1. The van der Waals surface area contributed by atoms with Crippen LogP contribution < -0.4 is 9.61 Å². The Morgan fingerprint density at radius 3 is 2.58 bits per heavy atom. The molecule has 0 fully saturated rings. The molecule has 10 nitrogen and oxygen atoms in total. The fourth-order valence-corrected chi connectivity index (χ4v) is 4.91. The molecule has 1 N–H and O–H groups in total. The van der Waals surface area contributed by atoms with Crippen LogP contribution in [0.1, 0.15) is 39.1 Å². The van der Waals surface area contributed by atoms with Crippen LogP contribution in [-0.2, 0) is 25.3 Å². The number of aromatic nitrogens is 4. The summed E-state index contributed by atoms with van der Waals surface area (Å²) < 4.78 is 32.2. The van der Waals surface area contributed by atoms with Crippen molar-refractivity contribution in [2.75, 3.05) is 6.35 Å². The van der Waals surface area contributed by atoms with Gasteiger partial charge in [-0.15, -0.1) is 0 Å². The van der Waals surface area contributed by atoms with Crippen LogP contribution in [0.5, 0.6) is 5.75 Å². The van der Waals surface area contributed by atoms with Gasteiger partial charge in [-0.25, -0.2) is 19.6 Å². The molecule has 0 saturated carbocycles. The number of nitrogens with one attached hydrogen (secondary N) is 1. The first-order chi connectivity index (χ1) is 15.7. The van der Waals surface area contributed by atoms with Crippen molar-refractivity contribution >= 4 is 19.1 Å². The van der Waals surface area contributed by atoms with Crippen LogP contribution in [0.2, 0.25) is 0 Å². The Labute approximate surface area is 193 Å². The van der Waals surface area contributed by atoms with E-state index in [1.54, 1.807) is 55.7 Å². The lowest BCUT2D eigenvalue weighted by Crippen LogP contribution is -2.37. The molecule has 1 aromatic carbocycles. The minimum Gasteiger partial charge on any atom is -0.462 e. The molecule has 0 spiro atoms. The average molecular weight is 475 g/mol. The standard InChI is InChI=1S/C22H30N5O5P/c1-15(2)31-22(28)18(5)26-33(29,32-20-9-7-6-8-10-20)14-30-16(3)11-19-12-23-21-17(4)24-13-25-27(19)21/h6-10,12-13,15-16,18H,11,14H2,1-5H3,(H,26,29)/t16-,18+,33?/m1/s1. The van der Waals surface area contributed by atoms with Crippen LogP contribution in [0.15, 0.2) is 42.9 Å². The Morgan fingerprint density at radius 2 is 1.88 bits per heavy atom. The van der Waals surface area contributed by atoms with Gasteiger partial charge < -0.3 is 14.0 Å². The van der Waals surface area contributed by atoms with Crippen molar-refractivity contribution in [1.82, 2.24) is 24.7 Å². The Kier molecular flexibility index (Phi) is 8.18. The Bertz CT molecular complexity index is 1120. The van der Waals surface area contributed by atoms with Gasteiger partial charge in [0.2, 0.25) is 0 Å². The molecular weight excluding hydrogens is 445 g/mol. The van der Waals surface area contributed by atoms with E-state index < -0.39 is 19.5 Å². The molecule has 178 valence electrons. The summed E-state index contributed by atoms with van der Waals surface area (Å²) in [5.74, 6) is -0.112. The summed E-state index contributed by atoms with van der Waals surface area (Å²) in [6.45, 7) is 8.80. The summed E-state index contributed by atoms with van der Waals surface area (Å²) in [4.78, 5) is 20.8. The van der Waals surface area contributed by atoms with E-state index in [1.807, 2.05) is 19.9 Å². The molecule has 11 heteroatoms. The van der Waals surface area contributed by atoms with Crippen molar-refractivity contribution < 1.29 is 23.4 Å². The first-order valence-electron chi connectivity index (χ1n) is 10.7. The van der Waals surface area contributed by atoms with Gasteiger partial charge in [-0.05, 0) is 46.8 Å². The van der Waals surface area contributed by atoms with Gasteiger partial charge in [0.15, 0.2) is 5.65 Å². The maximum atomic E-state index is 13.6. The summed E-state index contributed by atoms with van der Waals surface area (Å²) >= 11 is 0. The van der Waals surface area contributed by atoms with Crippen LogP contribution in [0, 0.1) is 6.92 Å². The van der Waals surface area contributed by atoms with Gasteiger partial charge in [0.05, 0.1) is 29.8 Å². The lowest BCUT2D eigenvalue weighted by atomic mass is 10.2. The summed E-state index contributed by atoms with van der Waals surface area (Å²) in [6, 6.07) is 7.90. The van der Waals surface area contributed by atoms with Crippen LogP contribution in [0.4, 0.5) is 0 Å². The second-order valence-electron chi connectivity index (χ2n) is 8.06. The molecule has 3 atom stereocenters. The van der Waals surface area contributed by atoms with Crippen molar-refractivity contribution in [3.05, 3.63) is 54.2 Å². The number of hydrogen-bond acceptors (Lipinski definition) is 8. The number of rotatable bonds is 11. The van der Waals surface area contributed by atoms with Gasteiger partial charge in [0.25, 0.3) is 0 Å². The first kappa shape index (κ1) is 24.8. The maximum absolute atomic E-state index is 13.6. The molecule has 0 aliphatic rings. The van der Waals surface area contributed by atoms with Crippen LogP contribution in [0.3, 0.4) is 0 Å². The quantitative estimate of drug-likeness (QED) is 0.328. The van der Waals surface area contributed by atoms with Crippen molar-refractivity contribution in [2.24, 2.45) is 0 Å². The zero-order chi connectivity index (χ0) is 24.0. The van der Waals surface area contributed by atoms with E-state index in [9.17, 15) is 9.36 Å². The lowest BCUT2D eigenvalue weighted by Gasteiger charge is -2.25. The second kappa shape index (κ2) is 10.9. The minimum absolute atomic E-state index is 0.243. The third-order valence-corrected chi connectivity index (χ3v) is 6.44. The monoisotopic (exact) mass is 475 g/mol. The molecule has 3 rings (SSSR count). The van der Waals surface area contributed by atoms with E-state index >= 15 is 0 Å². The highest BCUT2D eigenvalue weighted by molar-refractivity contribution is 7.57. The number of benzene rings is 1. The molecule has 0 amide bonds. The van der Waals surface area contributed by atoms with Crippen molar-refractivity contribution in [3.63, 3.8) is 0 Å². The number of carbonyl (C=O) groups is 1. The largest absolute Gasteiger partial charge is 0.462 e. The lowest BCUT2D eigenvalue weighted by molar-refractivity contribution is -0.149. The number of aryl methyl sites for hydroxylation is 1. The Morgan fingerprint density at radius 1 is 1.15 bits per heavy atom. The molecule has 2 heterocycles. The van der Waals surface area contributed by atoms with Gasteiger partial charge in [-0.3, -0.25) is 9.36 Å². The van der Waals surface area contributed by atoms with Crippen LogP contribution >= 0.6 is 7.52 Å². The predicted molar refractivity (Wildman–Crippen MR) is 123 cm³/mol. The fraction of sp³-hybridized carbons (Fsp3) is 0.455. The number of nitrogens with zero attached hydrogens (tertiary/aromatic N) is 4. The number of imidazole rings is 1. The minimum atomic E-state index is -3.62. The Balaban J connectivity index is 1.70. The smallest absolute Gasteiger partial charge is 0.342 e. The molecular formula is C22H30N5O5P. The van der Waals surface area contributed by atoms with E-state index in [2.05, 4.69) is 20.2 Å². The highest BCUT2D eigenvalue weighted by Crippen LogP contribution is 2.44. The topological polar surface area (TPSA) is 117 Å². The van der Waals surface area contributed by atoms with E-state index in [4.69, 9.17) is 14.0 Å². The summed E-state index contributed by atoms with van der Waals surface area (Å²) in [6.07, 6.45) is 2.82. The van der Waals surface area contributed by atoms with Crippen molar-refractivity contribution in [2.45, 2.75) is 59.3 Å². The Hall–Kier alpha value is -2.81. The molecule has 0 aliphatic carbocycles. The highest BCUT2D eigenvalue weighted by Gasteiger charge is 2.32. The highest BCUT2D eigenvalue weighted by atomic mass is 31.2. The van der Waals surface area contributed by atoms with Gasteiger partial charge in [0.1, 0.15) is 24.5 Å². The molecule has 2 aromatic heterocycles. The number of fused-ring (bicyclic) bond motifs is 1. The summed E-state index contributed by atoms with van der Waals surface area (Å²) in [5, 5.41) is 7.04. The maximum Gasteiger partial charge on any atom is 0.342 e. The van der Waals surface area contributed by atoms with Gasteiger partial charge in [-0.1, -0.05) is 18.2 Å². The second-order valence-corrected chi connectivity index (χ2v) is 10.1. The molecule has 33 heavy (non-hydrogen) atoms. The van der Waals surface area contributed by atoms with Crippen LogP contribution in [0.25, 0.3) is 5.65 Å². The molecule has 0 saturated heterocycles. The number of ether oxygens (including phenoxy) is 2. The summed E-state index contributed by atoms with van der Waals surface area (Å²) in [7, 11) is -3.62. The van der Waals surface area contributed by atoms with Crippen LogP contribution in [-0.4, -0.2) is 50.1 Å². The van der Waals surface area contributed by atoms with E-state index in [0.29, 0.717) is 17.8 Å². The zero-order valence-electron chi connectivity index (χ0n) is 19.5. The normalized spacial score (nSPS) is 15.2. The number of esters is 1. The van der Waals surface area contributed by atoms with Gasteiger partial charge >= 0.3 is 13.5 Å².